The predicted molar refractivity (Wildman–Crippen MR) is 113 cm³/mol. The van der Waals surface area contributed by atoms with Crippen LogP contribution in [-0.4, -0.2) is 74.8 Å². The lowest BCUT2D eigenvalue weighted by Crippen LogP contribution is -2.49. The monoisotopic (exact) mass is 415 g/mol. The molecule has 2 aromatic rings. The van der Waals surface area contributed by atoms with E-state index in [2.05, 4.69) is 10.2 Å². The minimum Gasteiger partial charge on any atom is -0.336 e. The van der Waals surface area contributed by atoms with Crippen LogP contribution in [0.3, 0.4) is 0 Å². The molecule has 0 atom stereocenters. The molecule has 2 amide bonds. The molecule has 1 fully saturated rings. The topological polar surface area (TPSA) is 86.8 Å². The van der Waals surface area contributed by atoms with E-state index in [4.69, 9.17) is 0 Å². The fourth-order valence-corrected chi connectivity index (χ4v) is 3.73. The summed E-state index contributed by atoms with van der Waals surface area (Å²) in [6, 6.07) is 15.8. The molecule has 2 aromatic carbocycles. The Bertz CT molecular complexity index is 951. The molecule has 0 aromatic heterocycles. The lowest BCUT2D eigenvalue weighted by atomic mass is 10.1. The van der Waals surface area contributed by atoms with Crippen molar-refractivity contribution in [3.63, 3.8) is 0 Å². The number of nitrogens with one attached hydrogen (secondary N) is 1. The number of amides is 2. The molecule has 8 heteroatoms. The molecule has 0 saturated carbocycles. The third kappa shape index (κ3) is 6.13. The van der Waals surface area contributed by atoms with E-state index in [9.17, 15) is 18.0 Å². The third-order valence-corrected chi connectivity index (χ3v) is 5.79. The summed E-state index contributed by atoms with van der Waals surface area (Å²) in [6.45, 7) is 2.94. The summed E-state index contributed by atoms with van der Waals surface area (Å²) in [7, 11) is -2.98. The Labute approximate surface area is 171 Å². The van der Waals surface area contributed by atoms with Crippen LogP contribution < -0.4 is 5.32 Å². The van der Waals surface area contributed by atoms with Gasteiger partial charge in [-0.25, -0.2) is 8.42 Å². The first kappa shape index (κ1) is 21.0. The normalized spacial score (nSPS) is 15.1. The number of benzene rings is 2. The van der Waals surface area contributed by atoms with Gasteiger partial charge in [-0.3, -0.25) is 14.5 Å². The second-order valence-electron chi connectivity index (χ2n) is 7.16. The first-order valence-electron chi connectivity index (χ1n) is 9.48. The highest BCUT2D eigenvalue weighted by Gasteiger charge is 2.22. The summed E-state index contributed by atoms with van der Waals surface area (Å²) >= 11 is 0. The summed E-state index contributed by atoms with van der Waals surface area (Å²) in [5.74, 6) is -0.125. The maximum atomic E-state index is 12.7. The van der Waals surface area contributed by atoms with Crippen molar-refractivity contribution in [3.05, 3.63) is 65.7 Å². The van der Waals surface area contributed by atoms with Crippen LogP contribution in [0.2, 0.25) is 0 Å². The minimum atomic E-state index is -2.98. The molecular weight excluding hydrogens is 390 g/mol. The Morgan fingerprint density at radius 3 is 2.10 bits per heavy atom. The number of sulfone groups is 1. The smallest absolute Gasteiger partial charge is 0.255 e. The van der Waals surface area contributed by atoms with Crippen LogP contribution in [0, 0.1) is 0 Å². The van der Waals surface area contributed by atoms with Crippen LogP contribution in [0.4, 0.5) is 5.69 Å². The zero-order valence-corrected chi connectivity index (χ0v) is 17.2. The fraction of sp³-hybridized carbons (Fsp3) is 0.333. The molecule has 1 aliphatic heterocycles. The van der Waals surface area contributed by atoms with Crippen molar-refractivity contribution in [1.29, 1.82) is 0 Å². The molecule has 7 nitrogen and oxygen atoms in total. The Morgan fingerprint density at radius 1 is 0.897 bits per heavy atom. The second-order valence-corrected chi connectivity index (χ2v) is 9.42. The zero-order chi connectivity index (χ0) is 20.9. The Kier molecular flexibility index (Phi) is 6.66. The van der Waals surface area contributed by atoms with E-state index in [1.807, 2.05) is 6.07 Å². The van der Waals surface area contributed by atoms with Crippen molar-refractivity contribution in [2.45, 2.75) is 0 Å². The van der Waals surface area contributed by atoms with Crippen molar-refractivity contribution in [2.75, 3.05) is 50.0 Å². The largest absolute Gasteiger partial charge is 0.336 e. The Hall–Kier alpha value is -2.71. The van der Waals surface area contributed by atoms with E-state index >= 15 is 0 Å². The number of carbonyl (C=O) groups excluding carboxylic acids is 2. The van der Waals surface area contributed by atoms with Crippen molar-refractivity contribution < 1.29 is 18.0 Å². The quantitative estimate of drug-likeness (QED) is 0.777. The SMILES string of the molecule is CS(=O)(=O)CCN1CCN(C(=O)c2ccc(NC(=O)c3ccccc3)cc2)CC1. The summed E-state index contributed by atoms with van der Waals surface area (Å²) in [5, 5.41) is 2.82. The summed E-state index contributed by atoms with van der Waals surface area (Å²) < 4.78 is 22.6. The Balaban J connectivity index is 1.52. The van der Waals surface area contributed by atoms with Crippen LogP contribution in [0.15, 0.2) is 54.6 Å². The molecule has 0 unspecified atom stereocenters. The molecule has 154 valence electrons. The van der Waals surface area contributed by atoms with Gasteiger partial charge in [0.25, 0.3) is 11.8 Å². The summed E-state index contributed by atoms with van der Waals surface area (Å²) in [6.07, 6.45) is 1.23. The lowest BCUT2D eigenvalue weighted by Gasteiger charge is -2.34. The molecule has 0 bridgehead atoms. The molecular formula is C21H25N3O4S. The van der Waals surface area contributed by atoms with E-state index < -0.39 is 9.84 Å². The first-order valence-corrected chi connectivity index (χ1v) is 11.5. The molecule has 1 saturated heterocycles. The van der Waals surface area contributed by atoms with Gasteiger partial charge in [0, 0.05) is 55.8 Å². The van der Waals surface area contributed by atoms with Gasteiger partial charge in [0.1, 0.15) is 9.84 Å². The molecule has 1 aliphatic rings. The van der Waals surface area contributed by atoms with Gasteiger partial charge < -0.3 is 10.2 Å². The number of hydrogen-bond acceptors (Lipinski definition) is 5. The van der Waals surface area contributed by atoms with Gasteiger partial charge in [0.15, 0.2) is 0 Å². The van der Waals surface area contributed by atoms with Gasteiger partial charge in [0.05, 0.1) is 5.75 Å². The molecule has 0 radical (unpaired) electrons. The molecule has 29 heavy (non-hydrogen) atoms. The molecule has 1 heterocycles. The highest BCUT2D eigenvalue weighted by atomic mass is 32.2. The molecule has 3 rings (SSSR count). The van der Waals surface area contributed by atoms with Gasteiger partial charge >= 0.3 is 0 Å². The van der Waals surface area contributed by atoms with Crippen molar-refractivity contribution in [3.8, 4) is 0 Å². The van der Waals surface area contributed by atoms with Crippen LogP contribution in [0.1, 0.15) is 20.7 Å². The van der Waals surface area contributed by atoms with Crippen molar-refractivity contribution >= 4 is 27.3 Å². The highest BCUT2D eigenvalue weighted by molar-refractivity contribution is 7.90. The van der Waals surface area contributed by atoms with E-state index in [1.54, 1.807) is 53.4 Å². The van der Waals surface area contributed by atoms with Crippen LogP contribution >= 0.6 is 0 Å². The number of nitrogens with zero attached hydrogens (tertiary/aromatic N) is 2. The van der Waals surface area contributed by atoms with Crippen molar-refractivity contribution in [1.82, 2.24) is 9.80 Å². The van der Waals surface area contributed by atoms with Gasteiger partial charge in [-0.05, 0) is 36.4 Å². The van der Waals surface area contributed by atoms with Crippen LogP contribution in [-0.2, 0) is 9.84 Å². The summed E-state index contributed by atoms with van der Waals surface area (Å²) in [4.78, 5) is 28.7. The number of rotatable bonds is 6. The van der Waals surface area contributed by atoms with Crippen LogP contribution in [0.25, 0.3) is 0 Å². The number of carbonyl (C=O) groups is 2. The molecule has 0 aliphatic carbocycles. The van der Waals surface area contributed by atoms with E-state index in [-0.39, 0.29) is 17.6 Å². The lowest BCUT2D eigenvalue weighted by molar-refractivity contribution is 0.0644. The maximum absolute atomic E-state index is 12.7. The standard InChI is InChI=1S/C21H25N3O4S/c1-29(27,28)16-15-23-11-13-24(14-12-23)21(26)18-7-9-19(10-8-18)22-20(25)17-5-3-2-4-6-17/h2-10H,11-16H2,1H3,(H,22,25). The predicted octanol–water partition coefficient (Wildman–Crippen LogP) is 1.74. The van der Waals surface area contributed by atoms with E-state index in [1.165, 1.54) is 6.26 Å². The van der Waals surface area contributed by atoms with Crippen molar-refractivity contribution in [2.24, 2.45) is 0 Å². The van der Waals surface area contributed by atoms with Gasteiger partial charge in [0.2, 0.25) is 0 Å². The third-order valence-electron chi connectivity index (χ3n) is 4.86. The van der Waals surface area contributed by atoms with Gasteiger partial charge in [-0.15, -0.1) is 0 Å². The average Bonchev–Trinajstić information content (AvgIpc) is 2.73. The van der Waals surface area contributed by atoms with Gasteiger partial charge in [-0.2, -0.15) is 0 Å². The summed E-state index contributed by atoms with van der Waals surface area (Å²) in [5.41, 5.74) is 1.76. The molecule has 0 spiro atoms. The number of piperazine rings is 1. The fourth-order valence-electron chi connectivity index (χ4n) is 3.14. The first-order chi connectivity index (χ1) is 13.8. The van der Waals surface area contributed by atoms with E-state index in [0.29, 0.717) is 49.5 Å². The average molecular weight is 416 g/mol. The zero-order valence-electron chi connectivity index (χ0n) is 16.4. The van der Waals surface area contributed by atoms with E-state index in [0.717, 1.165) is 0 Å². The Morgan fingerprint density at radius 2 is 1.52 bits per heavy atom. The van der Waals surface area contributed by atoms with Crippen LogP contribution in [0.5, 0.6) is 0 Å². The van der Waals surface area contributed by atoms with Gasteiger partial charge in [-0.1, -0.05) is 18.2 Å². The minimum absolute atomic E-state index is 0.0614. The maximum Gasteiger partial charge on any atom is 0.255 e. The molecule has 1 N–H and O–H groups in total. The number of hydrogen-bond donors (Lipinski definition) is 1. The highest BCUT2D eigenvalue weighted by Crippen LogP contribution is 2.14. The second kappa shape index (κ2) is 9.19. The number of anilines is 1.